The van der Waals surface area contributed by atoms with Crippen LogP contribution in [0.4, 0.5) is 0 Å². The zero-order chi connectivity index (χ0) is 16.1. The van der Waals surface area contributed by atoms with Gasteiger partial charge in [-0.15, -0.1) is 0 Å². The monoisotopic (exact) mass is 315 g/mol. The van der Waals surface area contributed by atoms with Crippen LogP contribution in [0.3, 0.4) is 0 Å². The molecular formula is C17H21N3O3. The van der Waals surface area contributed by atoms with Gasteiger partial charge in [0.05, 0.1) is 24.6 Å². The summed E-state index contributed by atoms with van der Waals surface area (Å²) >= 11 is 0. The second-order valence-corrected chi connectivity index (χ2v) is 5.60. The van der Waals surface area contributed by atoms with Crippen LogP contribution < -0.4 is 4.74 Å². The standard InChI is InChI=1S/C17H21N3O3/c1-22-12-17(21)20-10-15-9-18-13-19(15)8-7-14(20)11-23-16-5-3-2-4-6-16/h2-6,9,13-14H,7-8,10-12H2,1H3. The molecule has 1 amide bonds. The zero-order valence-electron chi connectivity index (χ0n) is 13.2. The maximum absolute atomic E-state index is 12.4. The van der Waals surface area contributed by atoms with E-state index in [-0.39, 0.29) is 18.6 Å². The third kappa shape index (κ3) is 3.71. The summed E-state index contributed by atoms with van der Waals surface area (Å²) in [6, 6.07) is 9.68. The van der Waals surface area contributed by atoms with Crippen molar-refractivity contribution in [1.82, 2.24) is 14.5 Å². The summed E-state index contributed by atoms with van der Waals surface area (Å²) < 4.78 is 13.0. The fourth-order valence-electron chi connectivity index (χ4n) is 2.81. The van der Waals surface area contributed by atoms with Crippen LogP contribution in [0.1, 0.15) is 12.1 Å². The number of aryl methyl sites for hydroxylation is 1. The third-order valence-electron chi connectivity index (χ3n) is 4.05. The Balaban J connectivity index is 1.73. The lowest BCUT2D eigenvalue weighted by molar-refractivity contribution is -0.139. The number of fused-ring (bicyclic) bond motifs is 1. The Labute approximate surface area is 135 Å². The third-order valence-corrected chi connectivity index (χ3v) is 4.05. The summed E-state index contributed by atoms with van der Waals surface area (Å²) in [5.41, 5.74) is 1.04. The van der Waals surface area contributed by atoms with Gasteiger partial charge in [-0.2, -0.15) is 0 Å². The number of ether oxygens (including phenoxy) is 2. The Morgan fingerprint density at radius 3 is 2.96 bits per heavy atom. The molecule has 1 aromatic heterocycles. The van der Waals surface area contributed by atoms with Crippen LogP contribution in [0, 0.1) is 0 Å². The Hall–Kier alpha value is -2.34. The van der Waals surface area contributed by atoms with E-state index in [1.807, 2.05) is 47.8 Å². The molecule has 2 heterocycles. The van der Waals surface area contributed by atoms with Crippen LogP contribution in [0.5, 0.6) is 5.75 Å². The van der Waals surface area contributed by atoms with E-state index in [1.165, 1.54) is 7.11 Å². The SMILES string of the molecule is COCC(=O)N1Cc2cncn2CCC1COc1ccccc1. The number of amides is 1. The average molecular weight is 315 g/mol. The van der Waals surface area contributed by atoms with Crippen molar-refractivity contribution in [3.8, 4) is 5.75 Å². The van der Waals surface area contributed by atoms with E-state index >= 15 is 0 Å². The first kappa shape index (κ1) is 15.6. The van der Waals surface area contributed by atoms with Crippen LogP contribution in [-0.4, -0.2) is 46.7 Å². The van der Waals surface area contributed by atoms with Crippen molar-refractivity contribution < 1.29 is 14.3 Å². The van der Waals surface area contributed by atoms with E-state index < -0.39 is 0 Å². The lowest BCUT2D eigenvalue weighted by Gasteiger charge is -2.29. The normalized spacial score (nSPS) is 17.4. The summed E-state index contributed by atoms with van der Waals surface area (Å²) in [5.74, 6) is 0.793. The first-order chi connectivity index (χ1) is 11.3. The first-order valence-electron chi connectivity index (χ1n) is 7.73. The number of benzene rings is 1. The molecule has 122 valence electrons. The van der Waals surface area contributed by atoms with Crippen LogP contribution in [0.2, 0.25) is 0 Å². The molecule has 23 heavy (non-hydrogen) atoms. The number of hydrogen-bond acceptors (Lipinski definition) is 4. The number of carbonyl (C=O) groups excluding carboxylic acids is 1. The molecule has 1 aliphatic rings. The van der Waals surface area contributed by atoms with Gasteiger partial charge in [0.25, 0.3) is 0 Å². The summed E-state index contributed by atoms with van der Waals surface area (Å²) in [4.78, 5) is 18.4. The molecule has 0 saturated heterocycles. The van der Waals surface area contributed by atoms with Crippen molar-refractivity contribution in [2.24, 2.45) is 0 Å². The van der Waals surface area contributed by atoms with Crippen molar-refractivity contribution >= 4 is 5.91 Å². The minimum Gasteiger partial charge on any atom is -0.491 e. The molecule has 1 aliphatic heterocycles. The van der Waals surface area contributed by atoms with Gasteiger partial charge in [-0.3, -0.25) is 4.79 Å². The van der Waals surface area contributed by atoms with Gasteiger partial charge < -0.3 is 18.9 Å². The van der Waals surface area contributed by atoms with Crippen LogP contribution >= 0.6 is 0 Å². The van der Waals surface area contributed by atoms with Gasteiger partial charge in [0, 0.05) is 19.9 Å². The molecule has 1 aromatic carbocycles. The van der Waals surface area contributed by atoms with Gasteiger partial charge in [-0.1, -0.05) is 18.2 Å². The van der Waals surface area contributed by atoms with E-state index in [2.05, 4.69) is 9.55 Å². The van der Waals surface area contributed by atoms with E-state index in [9.17, 15) is 4.79 Å². The zero-order valence-corrected chi connectivity index (χ0v) is 13.2. The lowest BCUT2D eigenvalue weighted by atomic mass is 10.2. The minimum atomic E-state index is -0.0242. The molecule has 1 atom stereocenters. The highest BCUT2D eigenvalue weighted by Gasteiger charge is 2.28. The van der Waals surface area contributed by atoms with Gasteiger partial charge in [0.1, 0.15) is 19.0 Å². The number of imidazole rings is 1. The Kier molecular flexibility index (Phi) is 4.92. The highest BCUT2D eigenvalue weighted by Crippen LogP contribution is 2.19. The summed E-state index contributed by atoms with van der Waals surface area (Å²) in [5, 5.41) is 0. The molecule has 0 spiro atoms. The van der Waals surface area contributed by atoms with Gasteiger partial charge in [0.15, 0.2) is 0 Å². The maximum Gasteiger partial charge on any atom is 0.249 e. The van der Waals surface area contributed by atoms with Gasteiger partial charge in [-0.25, -0.2) is 4.98 Å². The quantitative estimate of drug-likeness (QED) is 0.843. The number of nitrogens with zero attached hydrogens (tertiary/aromatic N) is 3. The van der Waals surface area contributed by atoms with E-state index in [4.69, 9.17) is 9.47 Å². The van der Waals surface area contributed by atoms with E-state index in [0.29, 0.717) is 13.2 Å². The van der Waals surface area contributed by atoms with E-state index in [1.54, 1.807) is 0 Å². The molecule has 0 saturated carbocycles. The predicted octanol–water partition coefficient (Wildman–Crippen LogP) is 1.71. The predicted molar refractivity (Wildman–Crippen MR) is 85.0 cm³/mol. The molecule has 0 fully saturated rings. The summed E-state index contributed by atoms with van der Waals surface area (Å²) in [7, 11) is 1.54. The van der Waals surface area contributed by atoms with Crippen LogP contribution in [-0.2, 0) is 22.6 Å². The number of aromatic nitrogens is 2. The Bertz CT molecular complexity index is 642. The number of para-hydroxylation sites is 1. The second-order valence-electron chi connectivity index (χ2n) is 5.60. The van der Waals surface area contributed by atoms with Gasteiger partial charge >= 0.3 is 0 Å². The molecule has 6 heteroatoms. The lowest BCUT2D eigenvalue weighted by Crippen LogP contribution is -2.44. The molecule has 0 bridgehead atoms. The van der Waals surface area contributed by atoms with Crippen molar-refractivity contribution in [1.29, 1.82) is 0 Å². The summed E-state index contributed by atoms with van der Waals surface area (Å²) in [6.45, 7) is 1.91. The topological polar surface area (TPSA) is 56.6 Å². The number of rotatable bonds is 5. The highest BCUT2D eigenvalue weighted by atomic mass is 16.5. The largest absolute Gasteiger partial charge is 0.491 e. The summed E-state index contributed by atoms with van der Waals surface area (Å²) in [6.07, 6.45) is 4.45. The Morgan fingerprint density at radius 1 is 1.35 bits per heavy atom. The fourth-order valence-corrected chi connectivity index (χ4v) is 2.81. The van der Waals surface area contributed by atoms with Crippen molar-refractivity contribution in [3.63, 3.8) is 0 Å². The maximum atomic E-state index is 12.4. The van der Waals surface area contributed by atoms with Crippen LogP contribution in [0.25, 0.3) is 0 Å². The van der Waals surface area contributed by atoms with Crippen molar-refractivity contribution in [2.45, 2.75) is 25.6 Å². The smallest absolute Gasteiger partial charge is 0.249 e. The molecule has 0 radical (unpaired) electrons. The van der Waals surface area contributed by atoms with E-state index in [0.717, 1.165) is 24.4 Å². The minimum absolute atomic E-state index is 0.0118. The van der Waals surface area contributed by atoms with Crippen molar-refractivity contribution in [3.05, 3.63) is 48.5 Å². The molecule has 6 nitrogen and oxygen atoms in total. The average Bonchev–Trinajstić information content (AvgIpc) is 2.94. The number of hydrogen-bond donors (Lipinski definition) is 0. The molecule has 0 N–H and O–H groups in total. The second kappa shape index (κ2) is 7.28. The molecule has 3 rings (SSSR count). The molecule has 1 unspecified atom stereocenters. The number of methoxy groups -OCH3 is 1. The van der Waals surface area contributed by atoms with Crippen LogP contribution in [0.15, 0.2) is 42.9 Å². The highest BCUT2D eigenvalue weighted by molar-refractivity contribution is 5.77. The van der Waals surface area contributed by atoms with Gasteiger partial charge in [0.2, 0.25) is 5.91 Å². The fraction of sp³-hybridized carbons (Fsp3) is 0.412. The number of carbonyl (C=O) groups is 1. The molecule has 2 aromatic rings. The first-order valence-corrected chi connectivity index (χ1v) is 7.73. The van der Waals surface area contributed by atoms with Gasteiger partial charge in [-0.05, 0) is 18.6 Å². The Morgan fingerprint density at radius 2 is 2.17 bits per heavy atom. The molecule has 0 aliphatic carbocycles. The molecular weight excluding hydrogens is 294 g/mol. The van der Waals surface area contributed by atoms with Crippen molar-refractivity contribution in [2.75, 3.05) is 20.3 Å².